The first-order valence-corrected chi connectivity index (χ1v) is 7.03. The summed E-state index contributed by atoms with van der Waals surface area (Å²) in [4.78, 5) is 0.124. The van der Waals surface area contributed by atoms with Crippen molar-refractivity contribution in [2.75, 3.05) is 32.3 Å². The van der Waals surface area contributed by atoms with Gasteiger partial charge in [-0.2, -0.15) is 0 Å². The number of ether oxygens (including phenoxy) is 2. The number of benzene rings is 1. The molecule has 96 valence electrons. The van der Waals surface area contributed by atoms with Gasteiger partial charge in [0.2, 0.25) is 0 Å². The van der Waals surface area contributed by atoms with Crippen LogP contribution in [0.4, 0.5) is 5.69 Å². The molecule has 0 radical (unpaired) electrons. The molecular formula is C11H17NO4S. The maximum absolute atomic E-state index is 11.6. The molecule has 1 rings (SSSR count). The Bertz CT molecular complexity index is 496. The molecule has 0 aliphatic carbocycles. The zero-order valence-corrected chi connectivity index (χ0v) is 11.2. The molecule has 0 heterocycles. The van der Waals surface area contributed by atoms with Crippen LogP contribution < -0.4 is 14.8 Å². The molecule has 17 heavy (non-hydrogen) atoms. The molecule has 1 N–H and O–H groups in total. The molecule has 0 bridgehead atoms. The molecule has 0 saturated carbocycles. The summed E-state index contributed by atoms with van der Waals surface area (Å²) in [6.07, 6.45) is 1.14. The van der Waals surface area contributed by atoms with Crippen LogP contribution in [0.15, 0.2) is 17.0 Å². The van der Waals surface area contributed by atoms with E-state index in [1.165, 1.54) is 20.3 Å². The lowest BCUT2D eigenvalue weighted by molar-refractivity contribution is 0.393. The van der Waals surface area contributed by atoms with E-state index in [1.807, 2.05) is 6.92 Å². The molecule has 0 unspecified atom stereocenters. The van der Waals surface area contributed by atoms with Crippen LogP contribution >= 0.6 is 0 Å². The third-order valence-electron chi connectivity index (χ3n) is 2.25. The quantitative estimate of drug-likeness (QED) is 0.869. The highest BCUT2D eigenvalue weighted by Gasteiger charge is 2.18. The van der Waals surface area contributed by atoms with E-state index < -0.39 is 9.84 Å². The number of rotatable bonds is 5. The number of hydrogen-bond acceptors (Lipinski definition) is 5. The lowest BCUT2D eigenvalue weighted by atomic mass is 10.2. The van der Waals surface area contributed by atoms with Crippen LogP contribution in [-0.2, 0) is 9.84 Å². The molecular weight excluding hydrogens is 242 g/mol. The van der Waals surface area contributed by atoms with Crippen molar-refractivity contribution in [1.29, 1.82) is 0 Å². The number of sulfone groups is 1. The first-order chi connectivity index (χ1) is 7.93. The SMILES string of the molecule is CCNc1cc(OC)c(S(C)(=O)=O)cc1OC. The summed E-state index contributed by atoms with van der Waals surface area (Å²) >= 11 is 0. The molecule has 6 heteroatoms. The van der Waals surface area contributed by atoms with E-state index in [1.54, 1.807) is 6.07 Å². The zero-order chi connectivity index (χ0) is 13.1. The van der Waals surface area contributed by atoms with Gasteiger partial charge in [0.25, 0.3) is 0 Å². The van der Waals surface area contributed by atoms with Crippen LogP contribution in [0.2, 0.25) is 0 Å². The summed E-state index contributed by atoms with van der Waals surface area (Å²) in [5.74, 6) is 0.789. The summed E-state index contributed by atoms with van der Waals surface area (Å²) < 4.78 is 33.4. The predicted molar refractivity (Wildman–Crippen MR) is 66.8 cm³/mol. The van der Waals surface area contributed by atoms with E-state index in [4.69, 9.17) is 9.47 Å². The van der Waals surface area contributed by atoms with Crippen molar-refractivity contribution in [2.24, 2.45) is 0 Å². The molecule has 0 amide bonds. The number of anilines is 1. The van der Waals surface area contributed by atoms with Crippen molar-refractivity contribution >= 4 is 15.5 Å². The van der Waals surface area contributed by atoms with Crippen molar-refractivity contribution in [1.82, 2.24) is 0 Å². The van der Waals surface area contributed by atoms with Crippen LogP contribution in [0.25, 0.3) is 0 Å². The molecule has 0 aliphatic rings. The van der Waals surface area contributed by atoms with E-state index in [-0.39, 0.29) is 4.90 Å². The average Bonchev–Trinajstić information content (AvgIpc) is 2.27. The van der Waals surface area contributed by atoms with E-state index >= 15 is 0 Å². The van der Waals surface area contributed by atoms with Crippen LogP contribution in [0.5, 0.6) is 11.5 Å². The topological polar surface area (TPSA) is 64.6 Å². The summed E-state index contributed by atoms with van der Waals surface area (Å²) in [5, 5.41) is 3.08. The second kappa shape index (κ2) is 5.27. The average molecular weight is 259 g/mol. The van der Waals surface area contributed by atoms with Gasteiger partial charge < -0.3 is 14.8 Å². The fourth-order valence-electron chi connectivity index (χ4n) is 1.49. The highest BCUT2D eigenvalue weighted by atomic mass is 32.2. The summed E-state index contributed by atoms with van der Waals surface area (Å²) in [6.45, 7) is 2.65. The normalized spacial score (nSPS) is 11.1. The summed E-state index contributed by atoms with van der Waals surface area (Å²) in [5.41, 5.74) is 0.708. The van der Waals surface area contributed by atoms with Crippen molar-refractivity contribution in [2.45, 2.75) is 11.8 Å². The minimum atomic E-state index is -3.34. The third-order valence-corrected chi connectivity index (χ3v) is 3.37. The Morgan fingerprint density at radius 3 is 2.18 bits per heavy atom. The van der Waals surface area contributed by atoms with Gasteiger partial charge in [0, 0.05) is 24.9 Å². The Balaban J connectivity index is 3.43. The maximum Gasteiger partial charge on any atom is 0.179 e. The molecule has 0 saturated heterocycles. The standard InChI is InChI=1S/C11H17NO4S/c1-5-12-8-6-10(16-3)11(17(4,13)14)7-9(8)15-2/h6-7,12H,5H2,1-4H3. The second-order valence-electron chi connectivity index (χ2n) is 3.51. The minimum Gasteiger partial charge on any atom is -0.495 e. The monoisotopic (exact) mass is 259 g/mol. The van der Waals surface area contributed by atoms with E-state index in [0.29, 0.717) is 23.7 Å². The van der Waals surface area contributed by atoms with Crippen LogP contribution in [0.1, 0.15) is 6.92 Å². The summed E-state index contributed by atoms with van der Waals surface area (Å²) in [6, 6.07) is 3.09. The first-order valence-electron chi connectivity index (χ1n) is 5.14. The smallest absolute Gasteiger partial charge is 0.179 e. The van der Waals surface area contributed by atoms with Gasteiger partial charge in [-0.1, -0.05) is 0 Å². The Hall–Kier alpha value is -1.43. The lowest BCUT2D eigenvalue weighted by Crippen LogP contribution is -2.05. The molecule has 0 spiro atoms. The third kappa shape index (κ3) is 3.03. The van der Waals surface area contributed by atoms with E-state index in [2.05, 4.69) is 5.32 Å². The predicted octanol–water partition coefficient (Wildman–Crippen LogP) is 1.54. The van der Waals surface area contributed by atoms with Crippen molar-refractivity contribution in [3.8, 4) is 11.5 Å². The Morgan fingerprint density at radius 1 is 1.18 bits per heavy atom. The first kappa shape index (κ1) is 13.6. The number of nitrogens with one attached hydrogen (secondary N) is 1. The van der Waals surface area contributed by atoms with E-state index in [9.17, 15) is 8.42 Å². The van der Waals surface area contributed by atoms with Crippen molar-refractivity contribution in [3.05, 3.63) is 12.1 Å². The van der Waals surface area contributed by atoms with Gasteiger partial charge in [-0.25, -0.2) is 8.42 Å². The van der Waals surface area contributed by atoms with Crippen LogP contribution in [0, 0.1) is 0 Å². The summed E-state index contributed by atoms with van der Waals surface area (Å²) in [7, 11) is -0.411. The van der Waals surface area contributed by atoms with Gasteiger partial charge in [0.05, 0.1) is 19.9 Å². The van der Waals surface area contributed by atoms with Gasteiger partial charge in [0.15, 0.2) is 9.84 Å². The molecule has 0 fully saturated rings. The van der Waals surface area contributed by atoms with Crippen molar-refractivity contribution in [3.63, 3.8) is 0 Å². The molecule has 0 aromatic heterocycles. The van der Waals surface area contributed by atoms with E-state index in [0.717, 1.165) is 6.26 Å². The highest BCUT2D eigenvalue weighted by molar-refractivity contribution is 7.90. The molecule has 1 aromatic rings. The minimum absolute atomic E-state index is 0.124. The Morgan fingerprint density at radius 2 is 1.76 bits per heavy atom. The van der Waals surface area contributed by atoms with Gasteiger partial charge in [-0.05, 0) is 6.92 Å². The van der Waals surface area contributed by atoms with Gasteiger partial charge in [-0.3, -0.25) is 0 Å². The fourth-order valence-corrected chi connectivity index (χ4v) is 2.32. The van der Waals surface area contributed by atoms with Gasteiger partial charge in [0.1, 0.15) is 16.4 Å². The highest BCUT2D eigenvalue weighted by Crippen LogP contribution is 2.35. The zero-order valence-electron chi connectivity index (χ0n) is 10.4. The van der Waals surface area contributed by atoms with Crippen LogP contribution in [-0.4, -0.2) is 35.4 Å². The van der Waals surface area contributed by atoms with Crippen LogP contribution in [0.3, 0.4) is 0 Å². The largest absolute Gasteiger partial charge is 0.495 e. The number of hydrogen-bond donors (Lipinski definition) is 1. The Kier molecular flexibility index (Phi) is 4.22. The molecule has 0 aliphatic heterocycles. The van der Waals surface area contributed by atoms with Gasteiger partial charge >= 0.3 is 0 Å². The lowest BCUT2D eigenvalue weighted by Gasteiger charge is -2.14. The maximum atomic E-state index is 11.6. The molecule has 0 atom stereocenters. The van der Waals surface area contributed by atoms with Gasteiger partial charge in [-0.15, -0.1) is 0 Å². The molecule has 1 aromatic carbocycles. The van der Waals surface area contributed by atoms with Crippen molar-refractivity contribution < 1.29 is 17.9 Å². The number of methoxy groups -OCH3 is 2. The Labute approximate surface area is 102 Å². The second-order valence-corrected chi connectivity index (χ2v) is 5.49. The molecule has 5 nitrogen and oxygen atoms in total. The fraction of sp³-hybridized carbons (Fsp3) is 0.455.